The summed E-state index contributed by atoms with van der Waals surface area (Å²) in [6, 6.07) is 0. The molecule has 0 spiro atoms. The zero-order valence-electron chi connectivity index (χ0n) is 6.93. The summed E-state index contributed by atoms with van der Waals surface area (Å²) in [5.74, 6) is 0.646. The molecule has 0 radical (unpaired) electrons. The van der Waals surface area contributed by atoms with Crippen molar-refractivity contribution < 1.29 is 0 Å². The number of aromatic nitrogens is 1. The van der Waals surface area contributed by atoms with Crippen molar-refractivity contribution in [2.24, 2.45) is 0 Å². The average molecular weight is 247 g/mol. The number of halogens is 1. The van der Waals surface area contributed by atoms with Crippen molar-refractivity contribution in [1.82, 2.24) is 10.3 Å². The van der Waals surface area contributed by atoms with Crippen molar-refractivity contribution in [2.75, 3.05) is 13.1 Å². The average Bonchev–Trinajstić information content (AvgIpc) is 2.58. The van der Waals surface area contributed by atoms with Crippen LogP contribution in [0.5, 0.6) is 0 Å². The maximum atomic E-state index is 4.49. The summed E-state index contributed by atoms with van der Waals surface area (Å²) in [7, 11) is 0. The van der Waals surface area contributed by atoms with Gasteiger partial charge in [0.25, 0.3) is 0 Å². The summed E-state index contributed by atoms with van der Waals surface area (Å²) >= 11 is 5.15. The van der Waals surface area contributed by atoms with Gasteiger partial charge in [-0.05, 0) is 35.8 Å². The third kappa shape index (κ3) is 1.56. The topological polar surface area (TPSA) is 24.9 Å². The molecule has 0 amide bonds. The fourth-order valence-corrected chi connectivity index (χ4v) is 3.27. The Morgan fingerprint density at radius 1 is 1.67 bits per heavy atom. The van der Waals surface area contributed by atoms with Crippen molar-refractivity contribution in [3.8, 4) is 0 Å². The highest BCUT2D eigenvalue weighted by Crippen LogP contribution is 2.30. The molecule has 0 saturated carbocycles. The largest absolute Gasteiger partial charge is 0.316 e. The Morgan fingerprint density at radius 2 is 2.50 bits per heavy atom. The first-order valence-corrected chi connectivity index (χ1v) is 5.72. The third-order valence-electron chi connectivity index (χ3n) is 2.25. The van der Waals surface area contributed by atoms with Gasteiger partial charge < -0.3 is 5.32 Å². The predicted molar refractivity (Wildman–Crippen MR) is 54.8 cm³/mol. The van der Waals surface area contributed by atoms with Gasteiger partial charge in [-0.2, -0.15) is 0 Å². The van der Waals surface area contributed by atoms with Crippen molar-refractivity contribution >= 4 is 27.3 Å². The van der Waals surface area contributed by atoms with Gasteiger partial charge in [0.05, 0.1) is 5.69 Å². The molecule has 1 atom stereocenters. The van der Waals surface area contributed by atoms with Gasteiger partial charge in [0.2, 0.25) is 0 Å². The molecule has 1 aromatic heterocycles. The smallest absolute Gasteiger partial charge is 0.159 e. The van der Waals surface area contributed by atoms with E-state index in [1.807, 2.05) is 0 Å². The van der Waals surface area contributed by atoms with Crippen LogP contribution in [0.15, 0.2) is 3.92 Å². The summed E-state index contributed by atoms with van der Waals surface area (Å²) in [6.45, 7) is 4.38. The number of nitrogens with zero attached hydrogens (tertiary/aromatic N) is 1. The first-order valence-electron chi connectivity index (χ1n) is 4.11. The number of thiazole rings is 1. The van der Waals surface area contributed by atoms with Crippen LogP contribution in [0.2, 0.25) is 0 Å². The lowest BCUT2D eigenvalue weighted by molar-refractivity contribution is 0.734. The molecule has 0 bridgehead atoms. The second kappa shape index (κ2) is 3.44. The van der Waals surface area contributed by atoms with E-state index in [0.717, 1.165) is 17.0 Å². The van der Waals surface area contributed by atoms with Crippen LogP contribution in [0.1, 0.15) is 22.9 Å². The molecule has 0 aromatic carbocycles. The van der Waals surface area contributed by atoms with Crippen molar-refractivity contribution in [3.63, 3.8) is 0 Å². The molecule has 2 nitrogen and oxygen atoms in total. The number of nitrogens with one attached hydrogen (secondary N) is 1. The van der Waals surface area contributed by atoms with E-state index in [-0.39, 0.29) is 0 Å². The monoisotopic (exact) mass is 246 g/mol. The molecule has 1 saturated heterocycles. The SMILES string of the molecule is Cc1sc(Br)nc1C1CCNC1. The summed E-state index contributed by atoms with van der Waals surface area (Å²) in [6.07, 6.45) is 1.23. The molecule has 0 aliphatic carbocycles. The number of hydrogen-bond acceptors (Lipinski definition) is 3. The Hall–Kier alpha value is 0.0700. The number of rotatable bonds is 1. The Balaban J connectivity index is 2.25. The van der Waals surface area contributed by atoms with E-state index >= 15 is 0 Å². The van der Waals surface area contributed by atoms with Crippen LogP contribution in [-0.4, -0.2) is 18.1 Å². The molecule has 1 aliphatic rings. The fourth-order valence-electron chi connectivity index (χ4n) is 1.64. The van der Waals surface area contributed by atoms with Gasteiger partial charge in [-0.25, -0.2) is 4.98 Å². The zero-order valence-corrected chi connectivity index (χ0v) is 9.33. The second-order valence-corrected chi connectivity index (χ2v) is 5.58. The van der Waals surface area contributed by atoms with Crippen molar-refractivity contribution in [1.29, 1.82) is 0 Å². The van der Waals surface area contributed by atoms with Gasteiger partial charge in [-0.15, -0.1) is 11.3 Å². The summed E-state index contributed by atoms with van der Waals surface area (Å²) in [5.41, 5.74) is 1.29. The highest BCUT2D eigenvalue weighted by Gasteiger charge is 2.21. The molecule has 1 unspecified atom stereocenters. The molecule has 1 N–H and O–H groups in total. The van der Waals surface area contributed by atoms with E-state index < -0.39 is 0 Å². The Labute approximate surface area is 84.5 Å². The summed E-state index contributed by atoms with van der Waals surface area (Å²) < 4.78 is 1.02. The van der Waals surface area contributed by atoms with Gasteiger partial charge in [-0.3, -0.25) is 0 Å². The minimum atomic E-state index is 0.646. The molecular formula is C8H11BrN2S. The van der Waals surface area contributed by atoms with Gasteiger partial charge in [0.1, 0.15) is 0 Å². The molecule has 1 aromatic rings. The Bertz CT molecular complexity index is 279. The molecule has 1 fully saturated rings. The molecule has 1 aliphatic heterocycles. The van der Waals surface area contributed by atoms with Crippen LogP contribution in [-0.2, 0) is 0 Å². The molecule has 2 rings (SSSR count). The lowest BCUT2D eigenvalue weighted by Crippen LogP contribution is -2.08. The maximum Gasteiger partial charge on any atom is 0.159 e. The lowest BCUT2D eigenvalue weighted by Gasteiger charge is -2.04. The zero-order chi connectivity index (χ0) is 8.55. The molecule has 2 heterocycles. The van der Waals surface area contributed by atoms with Gasteiger partial charge in [-0.1, -0.05) is 0 Å². The van der Waals surface area contributed by atoms with Gasteiger partial charge in [0.15, 0.2) is 3.92 Å². The first-order chi connectivity index (χ1) is 5.77. The maximum absolute atomic E-state index is 4.49. The highest BCUT2D eigenvalue weighted by molar-refractivity contribution is 9.11. The normalized spacial score (nSPS) is 23.3. The van der Waals surface area contributed by atoms with E-state index in [9.17, 15) is 0 Å². The van der Waals surface area contributed by atoms with E-state index in [1.165, 1.54) is 17.0 Å². The third-order valence-corrected chi connectivity index (χ3v) is 3.69. The van der Waals surface area contributed by atoms with Gasteiger partial charge in [0, 0.05) is 17.3 Å². The van der Waals surface area contributed by atoms with Crippen molar-refractivity contribution in [3.05, 3.63) is 14.5 Å². The number of aryl methyl sites for hydroxylation is 1. The Morgan fingerprint density at radius 3 is 3.00 bits per heavy atom. The van der Waals surface area contributed by atoms with E-state index in [4.69, 9.17) is 0 Å². The van der Waals surface area contributed by atoms with Crippen LogP contribution >= 0.6 is 27.3 Å². The molecular weight excluding hydrogens is 236 g/mol. The van der Waals surface area contributed by atoms with Crippen LogP contribution in [0, 0.1) is 6.92 Å². The quantitative estimate of drug-likeness (QED) is 0.823. The molecule has 66 valence electrons. The summed E-state index contributed by atoms with van der Waals surface area (Å²) in [4.78, 5) is 5.84. The van der Waals surface area contributed by atoms with E-state index in [2.05, 4.69) is 33.2 Å². The van der Waals surface area contributed by atoms with E-state index in [1.54, 1.807) is 11.3 Å². The minimum absolute atomic E-state index is 0.646. The molecule has 12 heavy (non-hydrogen) atoms. The fraction of sp³-hybridized carbons (Fsp3) is 0.625. The first kappa shape index (κ1) is 8.66. The van der Waals surface area contributed by atoms with Gasteiger partial charge >= 0.3 is 0 Å². The van der Waals surface area contributed by atoms with Crippen LogP contribution in [0.3, 0.4) is 0 Å². The lowest BCUT2D eigenvalue weighted by atomic mass is 10.0. The van der Waals surface area contributed by atoms with Crippen LogP contribution in [0.25, 0.3) is 0 Å². The summed E-state index contributed by atoms with van der Waals surface area (Å²) in [5, 5.41) is 3.36. The van der Waals surface area contributed by atoms with E-state index in [0.29, 0.717) is 5.92 Å². The standard InChI is InChI=1S/C8H11BrN2S/c1-5-7(11-8(9)12-5)6-2-3-10-4-6/h6,10H,2-4H2,1H3. The minimum Gasteiger partial charge on any atom is -0.316 e. The van der Waals surface area contributed by atoms with Crippen LogP contribution < -0.4 is 5.32 Å². The van der Waals surface area contributed by atoms with Crippen molar-refractivity contribution in [2.45, 2.75) is 19.3 Å². The highest BCUT2D eigenvalue weighted by atomic mass is 79.9. The predicted octanol–water partition coefficient (Wildman–Crippen LogP) is 2.29. The van der Waals surface area contributed by atoms with Crippen LogP contribution in [0.4, 0.5) is 0 Å². The second-order valence-electron chi connectivity index (χ2n) is 3.10. The Kier molecular flexibility index (Phi) is 2.48. The molecule has 4 heteroatoms. The number of hydrogen-bond donors (Lipinski definition) is 1.